The monoisotopic (exact) mass is 686 g/mol. The number of fused-ring (bicyclic) bond motifs is 1. The maximum atomic E-state index is 13.0. The number of hydrogen-bond acceptors (Lipinski definition) is 10. The first-order valence-electron chi connectivity index (χ1n) is 17.5. The minimum absolute atomic E-state index is 0.00726. The number of amides is 2. The smallest absolute Gasteiger partial charge is 0.315 e. The lowest BCUT2D eigenvalue weighted by Crippen LogP contribution is -2.60. The van der Waals surface area contributed by atoms with Gasteiger partial charge < -0.3 is 36.0 Å². The Balaban J connectivity index is 1.22. The molecule has 2 fully saturated rings. The van der Waals surface area contributed by atoms with E-state index in [0.717, 1.165) is 30.5 Å². The highest BCUT2D eigenvalue weighted by atomic mass is 16.6. The summed E-state index contributed by atoms with van der Waals surface area (Å²) in [5.41, 5.74) is 3.15. The van der Waals surface area contributed by atoms with E-state index in [-0.39, 0.29) is 29.6 Å². The first-order valence-corrected chi connectivity index (χ1v) is 17.5. The summed E-state index contributed by atoms with van der Waals surface area (Å²) < 4.78 is 7.34. The van der Waals surface area contributed by atoms with Crippen LogP contribution in [-0.4, -0.2) is 101 Å². The van der Waals surface area contributed by atoms with Crippen molar-refractivity contribution in [2.75, 3.05) is 31.6 Å². The van der Waals surface area contributed by atoms with Gasteiger partial charge in [0.05, 0.1) is 19.5 Å². The van der Waals surface area contributed by atoms with Gasteiger partial charge in [0.15, 0.2) is 29.0 Å². The number of nitrogens with one attached hydrogen (secondary N) is 3. The van der Waals surface area contributed by atoms with Gasteiger partial charge in [-0.05, 0) is 58.1 Å². The summed E-state index contributed by atoms with van der Waals surface area (Å²) in [4.78, 5) is 29.6. The molecule has 0 saturated carbocycles. The molecule has 2 aliphatic rings. The standard InChI is InChI=1S/C37H50N8O5/c1-36(2)16-11-17-37(3,4)45(36)19-18-38-35(49)40-21-28-42-32(39-20-26(24-12-7-5-8-13-24)25-14-9-6-10-15-25)29-33(43-28)44(23-41-29)34-31(48)30(47)27(22-46)50-34/h5-10,12-15,23,26-27,30-31,34,46-48H,11,16-22H2,1-4H3,(H2,38,40,49)(H,39,42,43)/t27-,30-,31+,34-/m1/s1. The second-order valence-corrected chi connectivity index (χ2v) is 14.5. The lowest BCUT2D eigenvalue weighted by Gasteiger charge is -2.53. The van der Waals surface area contributed by atoms with E-state index in [0.29, 0.717) is 35.9 Å². The number of imidazole rings is 1. The number of hydrogen-bond donors (Lipinski definition) is 6. The summed E-state index contributed by atoms with van der Waals surface area (Å²) in [6.45, 7) is 10.3. The van der Waals surface area contributed by atoms with E-state index in [1.54, 1.807) is 0 Å². The molecule has 2 aromatic carbocycles. The van der Waals surface area contributed by atoms with Crippen LogP contribution in [-0.2, 0) is 11.3 Å². The van der Waals surface area contributed by atoms with Crippen LogP contribution in [0, 0.1) is 0 Å². The van der Waals surface area contributed by atoms with Crippen molar-refractivity contribution in [3.8, 4) is 0 Å². The largest absolute Gasteiger partial charge is 0.394 e. The Labute approximate surface area is 293 Å². The van der Waals surface area contributed by atoms with Crippen LogP contribution in [0.15, 0.2) is 67.0 Å². The fourth-order valence-corrected chi connectivity index (χ4v) is 7.61. The van der Waals surface area contributed by atoms with Crippen molar-refractivity contribution in [3.05, 3.63) is 83.9 Å². The third-order valence-electron chi connectivity index (χ3n) is 10.2. The zero-order chi connectivity index (χ0) is 35.5. The van der Waals surface area contributed by atoms with Gasteiger partial charge in [0.2, 0.25) is 0 Å². The van der Waals surface area contributed by atoms with Crippen molar-refractivity contribution >= 4 is 23.0 Å². The molecule has 268 valence electrons. The van der Waals surface area contributed by atoms with E-state index < -0.39 is 31.1 Å². The molecule has 4 heterocycles. The number of carbonyl (C=O) groups excluding carboxylic acids is 1. The van der Waals surface area contributed by atoms with Gasteiger partial charge >= 0.3 is 6.03 Å². The Bertz CT molecular complexity index is 1680. The van der Waals surface area contributed by atoms with Crippen molar-refractivity contribution in [1.82, 2.24) is 35.1 Å². The van der Waals surface area contributed by atoms with Crippen LogP contribution in [0.2, 0.25) is 0 Å². The number of ether oxygens (including phenoxy) is 1. The average molecular weight is 687 g/mol. The Kier molecular flexibility index (Phi) is 10.7. The van der Waals surface area contributed by atoms with Gasteiger partial charge in [0.25, 0.3) is 0 Å². The summed E-state index contributed by atoms with van der Waals surface area (Å²) in [7, 11) is 0. The van der Waals surface area contributed by atoms with E-state index in [4.69, 9.17) is 14.7 Å². The zero-order valence-electron chi connectivity index (χ0n) is 29.3. The minimum atomic E-state index is -1.32. The summed E-state index contributed by atoms with van der Waals surface area (Å²) in [5.74, 6) is 0.759. The van der Waals surface area contributed by atoms with Gasteiger partial charge in [0, 0.05) is 36.6 Å². The summed E-state index contributed by atoms with van der Waals surface area (Å²) >= 11 is 0. The topological polar surface area (TPSA) is 170 Å². The Morgan fingerprint density at radius 1 is 0.940 bits per heavy atom. The fourth-order valence-electron chi connectivity index (χ4n) is 7.61. The Morgan fingerprint density at radius 2 is 1.58 bits per heavy atom. The number of carbonyl (C=O) groups is 1. The van der Waals surface area contributed by atoms with Crippen LogP contribution in [0.5, 0.6) is 0 Å². The molecule has 0 radical (unpaired) electrons. The van der Waals surface area contributed by atoms with Gasteiger partial charge in [-0.3, -0.25) is 9.47 Å². The molecule has 2 saturated heterocycles. The SMILES string of the molecule is CC1(C)CCCC(C)(C)N1CCNC(=O)NCc1nc(NCC(c2ccccc2)c2ccccc2)c2ncn([C@@H]3O[C@H](CO)[C@@H](O)[C@@H]3O)c2n1. The van der Waals surface area contributed by atoms with Crippen LogP contribution in [0.1, 0.15) is 76.1 Å². The van der Waals surface area contributed by atoms with E-state index in [2.05, 4.69) is 77.8 Å². The quantitative estimate of drug-likeness (QED) is 0.130. The number of aliphatic hydroxyl groups excluding tert-OH is 3. The van der Waals surface area contributed by atoms with Gasteiger partial charge in [-0.2, -0.15) is 0 Å². The number of nitrogens with zero attached hydrogens (tertiary/aromatic N) is 5. The molecule has 0 aliphatic carbocycles. The predicted octanol–water partition coefficient (Wildman–Crippen LogP) is 3.52. The Hall–Kier alpha value is -4.14. The maximum absolute atomic E-state index is 13.0. The molecule has 0 bridgehead atoms. The molecule has 4 atom stereocenters. The highest BCUT2D eigenvalue weighted by Crippen LogP contribution is 2.38. The number of piperidine rings is 1. The molecule has 50 heavy (non-hydrogen) atoms. The number of likely N-dealkylation sites (tertiary alicyclic amines) is 1. The summed E-state index contributed by atoms with van der Waals surface area (Å²) in [6.07, 6.45) is 0.301. The molecule has 2 amide bonds. The number of anilines is 1. The highest BCUT2D eigenvalue weighted by Gasteiger charge is 2.44. The summed E-state index contributed by atoms with van der Waals surface area (Å²) in [6, 6.07) is 20.1. The van der Waals surface area contributed by atoms with E-state index in [1.165, 1.54) is 17.3 Å². The molecule has 4 aromatic rings. The van der Waals surface area contributed by atoms with Crippen LogP contribution in [0.25, 0.3) is 11.2 Å². The lowest BCUT2D eigenvalue weighted by molar-refractivity contribution is -0.0511. The van der Waals surface area contributed by atoms with Crippen molar-refractivity contribution in [3.63, 3.8) is 0 Å². The van der Waals surface area contributed by atoms with Crippen molar-refractivity contribution in [2.45, 2.75) is 95.0 Å². The maximum Gasteiger partial charge on any atom is 0.315 e. The van der Waals surface area contributed by atoms with Crippen molar-refractivity contribution in [2.24, 2.45) is 0 Å². The highest BCUT2D eigenvalue weighted by molar-refractivity contribution is 5.83. The van der Waals surface area contributed by atoms with Gasteiger partial charge in [-0.15, -0.1) is 0 Å². The van der Waals surface area contributed by atoms with Crippen LogP contribution < -0.4 is 16.0 Å². The molecule has 6 N–H and O–H groups in total. The number of aliphatic hydroxyl groups is 3. The second-order valence-electron chi connectivity index (χ2n) is 14.5. The zero-order valence-corrected chi connectivity index (χ0v) is 29.3. The fraction of sp³-hybridized carbons (Fsp3) is 0.514. The lowest BCUT2D eigenvalue weighted by atomic mass is 9.80. The number of aromatic nitrogens is 4. The van der Waals surface area contributed by atoms with Crippen molar-refractivity contribution < 1.29 is 24.9 Å². The molecule has 13 heteroatoms. The summed E-state index contributed by atoms with van der Waals surface area (Å²) in [5, 5.41) is 40.3. The van der Waals surface area contributed by atoms with Crippen molar-refractivity contribution in [1.29, 1.82) is 0 Å². The predicted molar refractivity (Wildman–Crippen MR) is 191 cm³/mol. The van der Waals surface area contributed by atoms with E-state index in [9.17, 15) is 20.1 Å². The minimum Gasteiger partial charge on any atom is -0.394 e. The molecule has 0 unspecified atom stereocenters. The van der Waals surface area contributed by atoms with Gasteiger partial charge in [-0.25, -0.2) is 19.7 Å². The number of urea groups is 1. The number of benzene rings is 2. The average Bonchev–Trinajstić information content (AvgIpc) is 3.65. The van der Waals surface area contributed by atoms with Crippen LogP contribution >= 0.6 is 0 Å². The second kappa shape index (κ2) is 15.0. The van der Waals surface area contributed by atoms with Gasteiger partial charge in [-0.1, -0.05) is 60.7 Å². The van der Waals surface area contributed by atoms with Crippen LogP contribution in [0.3, 0.4) is 0 Å². The Morgan fingerprint density at radius 3 is 2.18 bits per heavy atom. The van der Waals surface area contributed by atoms with Crippen LogP contribution in [0.4, 0.5) is 10.6 Å². The van der Waals surface area contributed by atoms with E-state index >= 15 is 0 Å². The molecule has 13 nitrogen and oxygen atoms in total. The molecule has 2 aromatic heterocycles. The third-order valence-corrected chi connectivity index (χ3v) is 10.2. The molecule has 6 rings (SSSR count). The molecular formula is C37H50N8O5. The molecular weight excluding hydrogens is 636 g/mol. The van der Waals surface area contributed by atoms with E-state index in [1.807, 2.05) is 36.4 Å². The molecule has 2 aliphatic heterocycles. The third kappa shape index (κ3) is 7.62. The first kappa shape index (κ1) is 35.7. The molecule has 0 spiro atoms. The normalized spacial score (nSPS) is 23.3. The first-order chi connectivity index (χ1) is 24.0. The number of rotatable bonds is 12. The van der Waals surface area contributed by atoms with Gasteiger partial charge in [0.1, 0.15) is 18.3 Å².